The Hall–Kier alpha value is 0.0674. The van der Waals surface area contributed by atoms with Crippen LogP contribution in [0.15, 0.2) is 0 Å². The average Bonchev–Trinajstić information content (AvgIpc) is 0.918. The summed E-state index contributed by atoms with van der Waals surface area (Å²) in [4.78, 5) is 8.25. The molecule has 18 valence electrons. The number of hydrogen-bond acceptors (Lipinski definition) is 2. The van der Waals surface area contributed by atoms with E-state index in [9.17, 15) is 0 Å². The van der Waals surface area contributed by atoms with Gasteiger partial charge in [0, 0.05) is 6.47 Å². The Bertz CT molecular complexity index is 13.5. The zero-order valence-electron chi connectivity index (χ0n) is 2.39. The van der Waals surface area contributed by atoms with Crippen molar-refractivity contribution in [3.05, 3.63) is 0 Å². The fraction of sp³-hybridized carbons (Fsp3) is 0. The van der Waals surface area contributed by atoms with Crippen molar-refractivity contribution in [1.82, 2.24) is 0 Å². The molecule has 4 heavy (non-hydrogen) atoms. The van der Waals surface area contributed by atoms with Crippen molar-refractivity contribution in [3.63, 3.8) is 0 Å². The van der Waals surface area contributed by atoms with Gasteiger partial charge in [-0.2, -0.15) is 0 Å². The number of carbonyl (C=O) groups is 1. The molecule has 0 heterocycles. The quantitative estimate of drug-likeness (QED) is 0.205. The summed E-state index contributed by atoms with van der Waals surface area (Å²) in [6.45, 7) is -0.500. The molecule has 0 aliphatic heterocycles. The molecule has 0 fully saturated rings. The van der Waals surface area contributed by atoms with Crippen molar-refractivity contribution in [2.24, 2.45) is 0 Å². The minimum absolute atomic E-state index is 0. The predicted molar refractivity (Wildman–Crippen MR) is 6.06 cm³/mol. The van der Waals surface area contributed by atoms with E-state index in [2.05, 4.69) is 0 Å². The van der Waals surface area contributed by atoms with Gasteiger partial charge >= 0.3 is 18.9 Å². The van der Waals surface area contributed by atoms with Gasteiger partial charge in [-0.05, 0) is 0 Å². The van der Waals surface area contributed by atoms with Crippen LogP contribution >= 0.6 is 0 Å². The van der Waals surface area contributed by atoms with Crippen molar-refractivity contribution in [2.75, 3.05) is 0 Å². The van der Waals surface area contributed by atoms with E-state index in [-0.39, 0.29) is 18.9 Å². The van der Waals surface area contributed by atoms with E-state index in [1.807, 2.05) is 0 Å². The smallest absolute Gasteiger partial charge is 0.554 e. The molecule has 0 saturated carbocycles. The van der Waals surface area contributed by atoms with E-state index in [1.54, 1.807) is 0 Å². The first-order chi connectivity index (χ1) is 1.41. The van der Waals surface area contributed by atoms with Crippen LogP contribution in [0, 0.1) is 0 Å². The summed E-state index contributed by atoms with van der Waals surface area (Å²) in [5.74, 6) is 0. The first-order valence-corrected chi connectivity index (χ1v) is 0.471. The summed E-state index contributed by atoms with van der Waals surface area (Å²) in [5, 5.41) is 8.25. The summed E-state index contributed by atoms with van der Waals surface area (Å²) in [6, 6.07) is 0. The molecule has 2 nitrogen and oxygen atoms in total. The molecule has 0 aliphatic carbocycles. The van der Waals surface area contributed by atoms with Gasteiger partial charge in [0.2, 0.25) is 0 Å². The van der Waals surface area contributed by atoms with Crippen LogP contribution in [0.25, 0.3) is 0 Å². The zero-order valence-corrected chi connectivity index (χ0v) is 2.39. The average molecular weight is 52.0 g/mol. The molecule has 0 unspecified atom stereocenters. The molecule has 0 aromatic rings. The van der Waals surface area contributed by atoms with Crippen LogP contribution in [-0.2, 0) is 4.79 Å². The van der Waals surface area contributed by atoms with Crippen molar-refractivity contribution >= 4 is 6.47 Å². The van der Waals surface area contributed by atoms with Gasteiger partial charge in [-0.15, -0.1) is 0 Å². The van der Waals surface area contributed by atoms with E-state index in [0.717, 1.165) is 0 Å². The van der Waals surface area contributed by atoms with Gasteiger partial charge in [-0.25, -0.2) is 0 Å². The summed E-state index contributed by atoms with van der Waals surface area (Å²) < 4.78 is 0. The molecule has 0 radical (unpaired) electrons. The molecule has 0 bridgehead atoms. The summed E-state index contributed by atoms with van der Waals surface area (Å²) in [7, 11) is 0. The van der Waals surface area contributed by atoms with Gasteiger partial charge in [0.05, 0.1) is 0 Å². The Morgan fingerprint density at radius 1 is 1.75 bits per heavy atom. The second-order valence-electron chi connectivity index (χ2n) is 0.0962. The maximum absolute atomic E-state index is 8.25. The zero-order chi connectivity index (χ0) is 2.71. The van der Waals surface area contributed by atoms with E-state index < -0.39 is 6.47 Å². The predicted octanol–water partition coefficient (Wildman–Crippen LogP) is -4.63. The SMILES string of the molecule is O=C[O-].[Li+]. The molecule has 0 N–H and O–H groups in total. The van der Waals surface area contributed by atoms with Crippen molar-refractivity contribution < 1.29 is 28.8 Å². The first-order valence-electron chi connectivity index (χ1n) is 0.471. The normalized spacial score (nSPS) is 3.00. The third-order valence-corrected chi connectivity index (χ3v) is 0. The van der Waals surface area contributed by atoms with Crippen LogP contribution in [0.2, 0.25) is 0 Å². The molecule has 0 aromatic heterocycles. The van der Waals surface area contributed by atoms with Crippen LogP contribution < -0.4 is 24.0 Å². The molecule has 0 aliphatic rings. The van der Waals surface area contributed by atoms with E-state index >= 15 is 0 Å². The van der Waals surface area contributed by atoms with Gasteiger partial charge in [-0.1, -0.05) is 0 Å². The van der Waals surface area contributed by atoms with Crippen LogP contribution in [-0.4, -0.2) is 6.47 Å². The largest absolute Gasteiger partial charge is 1.00 e. The first kappa shape index (κ1) is 8.95. The van der Waals surface area contributed by atoms with Crippen molar-refractivity contribution in [2.45, 2.75) is 0 Å². The second kappa shape index (κ2) is 11.5. The molecule has 0 spiro atoms. The Morgan fingerprint density at radius 2 is 1.75 bits per heavy atom. The van der Waals surface area contributed by atoms with Gasteiger partial charge in [0.25, 0.3) is 0 Å². The maximum atomic E-state index is 8.25. The summed E-state index contributed by atoms with van der Waals surface area (Å²) >= 11 is 0. The van der Waals surface area contributed by atoms with E-state index in [4.69, 9.17) is 9.90 Å². The Kier molecular flexibility index (Phi) is 25.8. The molecule has 0 rings (SSSR count). The topological polar surface area (TPSA) is 40.1 Å². The number of hydrogen-bond donors (Lipinski definition) is 0. The fourth-order valence-corrected chi connectivity index (χ4v) is 0. The minimum atomic E-state index is -0.500. The summed E-state index contributed by atoms with van der Waals surface area (Å²) in [5.41, 5.74) is 0. The van der Waals surface area contributed by atoms with Crippen LogP contribution in [0.3, 0.4) is 0 Å². The molecule has 0 saturated heterocycles. The molecular formula is CHLiO2. The summed E-state index contributed by atoms with van der Waals surface area (Å²) in [6.07, 6.45) is 0. The molecule has 0 amide bonds. The number of rotatable bonds is 0. The molecule has 3 heteroatoms. The van der Waals surface area contributed by atoms with Crippen molar-refractivity contribution in [1.29, 1.82) is 0 Å². The monoisotopic (exact) mass is 52.0 g/mol. The van der Waals surface area contributed by atoms with Gasteiger partial charge in [0.1, 0.15) is 0 Å². The van der Waals surface area contributed by atoms with Crippen LogP contribution in [0.1, 0.15) is 0 Å². The van der Waals surface area contributed by atoms with Crippen LogP contribution in [0.5, 0.6) is 0 Å². The van der Waals surface area contributed by atoms with E-state index in [0.29, 0.717) is 0 Å². The van der Waals surface area contributed by atoms with Crippen LogP contribution in [0.4, 0.5) is 0 Å². The van der Waals surface area contributed by atoms with E-state index in [1.165, 1.54) is 0 Å². The van der Waals surface area contributed by atoms with Crippen molar-refractivity contribution in [3.8, 4) is 0 Å². The van der Waals surface area contributed by atoms with Gasteiger partial charge in [-0.3, -0.25) is 0 Å². The maximum Gasteiger partial charge on any atom is 1.00 e. The molecule has 0 atom stereocenters. The second-order valence-corrected chi connectivity index (χ2v) is 0.0962. The molecule has 0 aromatic carbocycles. The van der Waals surface area contributed by atoms with Gasteiger partial charge < -0.3 is 9.90 Å². The standard InChI is InChI=1S/CH2O2.Li/c2-1-3;/h1H,(H,2,3);/q;+1/p-1. The van der Waals surface area contributed by atoms with Gasteiger partial charge in [0.15, 0.2) is 0 Å². The Morgan fingerprint density at radius 3 is 1.75 bits per heavy atom. The molecular weight excluding hydrogens is 51.0 g/mol. The number of carboxylic acid groups (broad SMARTS) is 1. The minimum Gasteiger partial charge on any atom is -0.554 e. The Labute approximate surface area is 36.0 Å². The third kappa shape index (κ3) is 518. The Balaban J connectivity index is 0. The fourth-order valence-electron chi connectivity index (χ4n) is 0. The third-order valence-electron chi connectivity index (χ3n) is 0. The number of carbonyl (C=O) groups excluding carboxylic acids is 1.